The quantitative estimate of drug-likeness (QED) is 0.210. The van der Waals surface area contributed by atoms with Crippen molar-refractivity contribution >= 4 is 0 Å². The first-order chi connectivity index (χ1) is 4.41. The highest BCUT2D eigenvalue weighted by atomic mass is 35.7. The lowest BCUT2D eigenvalue weighted by molar-refractivity contribution is -1.92. The molecule has 9 heteroatoms. The molecule has 0 heterocycles. The fourth-order valence-corrected chi connectivity index (χ4v) is 0. The molecule has 0 bridgehead atoms. The lowest BCUT2D eigenvalue weighted by Gasteiger charge is -2.03. The SMILES string of the molecule is CON.NN.[O-][Cl+3]([O-])([O-])O. The van der Waals surface area contributed by atoms with E-state index in [-0.39, 0.29) is 0 Å². The number of halogens is 1. The minimum absolute atomic E-state index is 1.40. The van der Waals surface area contributed by atoms with Crippen molar-refractivity contribution in [1.82, 2.24) is 0 Å². The Hall–Kier alpha value is -0.0300. The van der Waals surface area contributed by atoms with Crippen LogP contribution < -0.4 is 31.6 Å². The van der Waals surface area contributed by atoms with Crippen LogP contribution in [-0.4, -0.2) is 11.8 Å². The molecule has 7 N–H and O–H groups in total. The summed E-state index contributed by atoms with van der Waals surface area (Å²) in [5.41, 5.74) is 0. The van der Waals surface area contributed by atoms with E-state index in [9.17, 15) is 0 Å². The topological polar surface area (TPSA) is 177 Å². The predicted molar refractivity (Wildman–Crippen MR) is 21.8 cm³/mol. The van der Waals surface area contributed by atoms with Crippen LogP contribution in [0.15, 0.2) is 0 Å². The molecule has 0 aliphatic heterocycles. The third-order valence-corrected chi connectivity index (χ3v) is 0. The molecule has 0 rings (SSSR count). The van der Waals surface area contributed by atoms with Crippen molar-refractivity contribution in [3.05, 3.63) is 0 Å². The Bertz CT molecular complexity index is 40.6. The van der Waals surface area contributed by atoms with Gasteiger partial charge < -0.3 is 4.84 Å². The van der Waals surface area contributed by atoms with E-state index in [1.165, 1.54) is 7.11 Å². The lowest BCUT2D eigenvalue weighted by Crippen LogP contribution is -2.58. The Morgan fingerprint density at radius 3 is 1.30 bits per heavy atom. The maximum Gasteiger partial charge on any atom is 0.0777 e. The van der Waals surface area contributed by atoms with Gasteiger partial charge in [-0.15, -0.1) is 0 Å². The van der Waals surface area contributed by atoms with Gasteiger partial charge in [-0.3, -0.25) is 11.7 Å². The molecule has 0 amide bonds. The molecule has 0 fully saturated rings. The Kier molecular flexibility index (Phi) is 19.4. The molecule has 0 saturated carbocycles. The monoisotopic (exact) mass is 179 g/mol. The van der Waals surface area contributed by atoms with Crippen LogP contribution in [0, 0.1) is 10.2 Å². The molecule has 0 aromatic carbocycles. The highest BCUT2D eigenvalue weighted by molar-refractivity contribution is 3.43. The molecule has 8 nitrogen and oxygen atoms in total. The van der Waals surface area contributed by atoms with Gasteiger partial charge in [0.25, 0.3) is 0 Å². The summed E-state index contributed by atoms with van der Waals surface area (Å²) in [6.07, 6.45) is 0. The molecular formula is CH10ClN3O5. The van der Waals surface area contributed by atoms with Gasteiger partial charge in [0, 0.05) is 0 Å². The maximum atomic E-state index is 8.60. The van der Waals surface area contributed by atoms with Crippen molar-refractivity contribution in [2.24, 2.45) is 17.6 Å². The van der Waals surface area contributed by atoms with Crippen LogP contribution in [-0.2, 0) is 4.84 Å². The molecule has 0 aliphatic carbocycles. The van der Waals surface area contributed by atoms with Gasteiger partial charge in [-0.1, -0.05) is 0 Å². The number of rotatable bonds is 0. The zero-order chi connectivity index (χ0) is 9.21. The van der Waals surface area contributed by atoms with E-state index < -0.39 is 10.2 Å². The summed E-state index contributed by atoms with van der Waals surface area (Å²) in [6, 6.07) is 0. The van der Waals surface area contributed by atoms with Crippen LogP contribution >= 0.6 is 0 Å². The van der Waals surface area contributed by atoms with Crippen molar-refractivity contribution in [3.8, 4) is 0 Å². The summed E-state index contributed by atoms with van der Waals surface area (Å²) in [4.78, 5) is 3.75. The van der Waals surface area contributed by atoms with Crippen molar-refractivity contribution in [3.63, 3.8) is 0 Å². The zero-order valence-corrected chi connectivity index (χ0v) is 5.95. The second kappa shape index (κ2) is 11.7. The van der Waals surface area contributed by atoms with Gasteiger partial charge in [0.1, 0.15) is 0 Å². The van der Waals surface area contributed by atoms with Crippen molar-refractivity contribution in [1.29, 1.82) is 0 Å². The Morgan fingerprint density at radius 1 is 1.30 bits per heavy atom. The van der Waals surface area contributed by atoms with E-state index in [1.54, 1.807) is 0 Å². The van der Waals surface area contributed by atoms with Crippen LogP contribution in [0.4, 0.5) is 0 Å². The largest absolute Gasteiger partial charge is 0.308 e. The van der Waals surface area contributed by atoms with Crippen LogP contribution in [0.3, 0.4) is 0 Å². The molecule has 0 atom stereocenters. The summed E-state index contributed by atoms with van der Waals surface area (Å²) in [5, 5.41) is 0. The molecule has 0 aromatic rings. The van der Waals surface area contributed by atoms with Crippen LogP contribution in [0.1, 0.15) is 0 Å². The van der Waals surface area contributed by atoms with Gasteiger partial charge in [-0.25, -0.2) is 5.90 Å². The van der Waals surface area contributed by atoms with E-state index in [1.807, 2.05) is 0 Å². The maximum absolute atomic E-state index is 8.60. The van der Waals surface area contributed by atoms with Gasteiger partial charge in [0.2, 0.25) is 0 Å². The average Bonchev–Trinajstić information content (AvgIpc) is 1.68. The van der Waals surface area contributed by atoms with E-state index in [2.05, 4.69) is 22.4 Å². The van der Waals surface area contributed by atoms with E-state index >= 15 is 0 Å². The van der Waals surface area contributed by atoms with Crippen LogP contribution in [0.2, 0.25) is 0 Å². The number of nitrogens with two attached hydrogens (primary N) is 3. The van der Waals surface area contributed by atoms with Crippen molar-refractivity contribution in [2.45, 2.75) is 0 Å². The summed E-state index contributed by atoms with van der Waals surface area (Å²) in [5.74, 6) is 12.3. The third kappa shape index (κ3) is 430000. The fourth-order valence-electron chi connectivity index (χ4n) is 0. The molecule has 0 radical (unpaired) electrons. The minimum Gasteiger partial charge on any atom is -0.308 e. The van der Waals surface area contributed by atoms with Crippen molar-refractivity contribution in [2.75, 3.05) is 7.11 Å². The Labute approximate surface area is 59.4 Å². The number of hydrogen-bond donors (Lipinski definition) is 4. The molecular weight excluding hydrogens is 169 g/mol. The van der Waals surface area contributed by atoms with Gasteiger partial charge in [-0.2, -0.15) is 14.0 Å². The van der Waals surface area contributed by atoms with Gasteiger partial charge in [-0.05, 0) is 0 Å². The first-order valence-electron chi connectivity index (χ1n) is 1.61. The van der Waals surface area contributed by atoms with E-state index in [4.69, 9.17) is 18.6 Å². The zero-order valence-electron chi connectivity index (χ0n) is 5.19. The van der Waals surface area contributed by atoms with Crippen molar-refractivity contribution < 1.29 is 33.7 Å². The lowest BCUT2D eigenvalue weighted by atomic mass is 11.7. The fraction of sp³-hybridized carbons (Fsp3) is 1.00. The second-order valence-corrected chi connectivity index (χ2v) is 1.42. The van der Waals surface area contributed by atoms with Crippen LogP contribution in [0.25, 0.3) is 0 Å². The molecule has 0 aliphatic rings. The van der Waals surface area contributed by atoms with Gasteiger partial charge in [0.15, 0.2) is 0 Å². The highest BCUT2D eigenvalue weighted by Crippen LogP contribution is 1.60. The molecule has 0 spiro atoms. The number of hydrazine groups is 1. The second-order valence-electron chi connectivity index (χ2n) is 0.632. The molecule has 66 valence electrons. The highest BCUT2D eigenvalue weighted by Gasteiger charge is 1.98. The summed E-state index contributed by atoms with van der Waals surface area (Å²) in [7, 11) is -3.29. The molecule has 0 saturated heterocycles. The van der Waals surface area contributed by atoms with E-state index in [0.717, 1.165) is 0 Å². The summed E-state index contributed by atoms with van der Waals surface area (Å²) in [6.45, 7) is 0. The standard InChI is InChI=1S/CH5NO.ClHO4.H4N2/c1-3-2;2-1(3,4)5;1-2/h2H2,1H3;(H,2,3,4,5);1-2H2. The first kappa shape index (κ1) is 16.5. The Balaban J connectivity index is -0.0000000847. The smallest absolute Gasteiger partial charge is 0.0777 e. The number of hydrogen-bond acceptors (Lipinski definition) is 8. The summed E-state index contributed by atoms with van der Waals surface area (Å²) >= 11 is 0. The van der Waals surface area contributed by atoms with Gasteiger partial charge >= 0.3 is 0 Å². The molecule has 0 aromatic heterocycles. The predicted octanol–water partition coefficient (Wildman–Crippen LogP) is -5.80. The van der Waals surface area contributed by atoms with Gasteiger partial charge in [0.05, 0.1) is 22.0 Å². The summed E-state index contributed by atoms with van der Waals surface area (Å²) < 4.78 is 32.7. The minimum atomic E-state index is -4.69. The Morgan fingerprint density at radius 2 is 1.30 bits per heavy atom. The van der Waals surface area contributed by atoms with E-state index in [0.29, 0.717) is 0 Å². The molecule has 10 heavy (non-hydrogen) atoms. The average molecular weight is 180 g/mol. The van der Waals surface area contributed by atoms with Crippen LogP contribution in [0.5, 0.6) is 0 Å². The third-order valence-electron chi connectivity index (χ3n) is 0. The first-order valence-corrected chi connectivity index (χ1v) is 2.87. The molecule has 0 unspecified atom stereocenters. The normalized spacial score (nSPS) is 8.40.